The number of nitriles is 1. The minimum absolute atomic E-state index is 0.166. The number of nitrogens with zero attached hydrogens (tertiary/aromatic N) is 1. The van der Waals surface area contributed by atoms with Crippen molar-refractivity contribution in [2.75, 3.05) is 0 Å². The lowest BCUT2D eigenvalue weighted by molar-refractivity contribution is 0.479. The lowest BCUT2D eigenvalue weighted by atomic mass is 10.1. The van der Waals surface area contributed by atoms with Crippen molar-refractivity contribution in [2.24, 2.45) is 0 Å². The maximum absolute atomic E-state index is 12.9. The Balaban J connectivity index is 2.37. The molecule has 0 aliphatic heterocycles. The van der Waals surface area contributed by atoms with Gasteiger partial charge < -0.3 is 4.74 Å². The third-order valence-electron chi connectivity index (χ3n) is 2.37. The quantitative estimate of drug-likeness (QED) is 0.800. The van der Waals surface area contributed by atoms with E-state index in [0.717, 1.165) is 11.6 Å². The average molecular weight is 262 g/mol. The second kappa shape index (κ2) is 5.07. The molecule has 0 heterocycles. The van der Waals surface area contributed by atoms with E-state index in [1.807, 2.05) is 19.1 Å². The molecule has 90 valence electrons. The Labute approximate surface area is 109 Å². The van der Waals surface area contributed by atoms with Crippen LogP contribution in [0.25, 0.3) is 0 Å². The topological polar surface area (TPSA) is 33.0 Å². The molecule has 2 aromatic carbocycles. The van der Waals surface area contributed by atoms with Gasteiger partial charge in [0.05, 0.1) is 10.6 Å². The fraction of sp³-hybridized carbons (Fsp3) is 0.0714. The molecule has 0 N–H and O–H groups in total. The molecule has 0 radical (unpaired) electrons. The first-order valence-corrected chi connectivity index (χ1v) is 5.61. The molecule has 0 bridgehead atoms. The average Bonchev–Trinajstić information content (AvgIpc) is 2.34. The highest BCUT2D eigenvalue weighted by atomic mass is 35.5. The minimum atomic E-state index is -0.434. The van der Waals surface area contributed by atoms with Crippen LogP contribution in [0.4, 0.5) is 4.39 Å². The molecule has 18 heavy (non-hydrogen) atoms. The van der Waals surface area contributed by atoms with Crippen LogP contribution in [-0.2, 0) is 0 Å². The molecular formula is C14H9ClFNO. The molecule has 0 saturated carbocycles. The second-order valence-electron chi connectivity index (χ2n) is 3.79. The third kappa shape index (κ3) is 2.61. The number of rotatable bonds is 2. The number of benzene rings is 2. The van der Waals surface area contributed by atoms with E-state index in [1.165, 1.54) is 12.1 Å². The first kappa shape index (κ1) is 12.4. The Bertz CT molecular complexity index is 634. The van der Waals surface area contributed by atoms with E-state index in [9.17, 15) is 4.39 Å². The molecule has 2 aromatic rings. The molecule has 0 aromatic heterocycles. The summed E-state index contributed by atoms with van der Waals surface area (Å²) >= 11 is 5.86. The van der Waals surface area contributed by atoms with Gasteiger partial charge in [-0.15, -0.1) is 0 Å². The highest BCUT2D eigenvalue weighted by Gasteiger charge is 2.08. The Morgan fingerprint density at radius 1 is 1.17 bits per heavy atom. The van der Waals surface area contributed by atoms with Gasteiger partial charge in [0.1, 0.15) is 23.4 Å². The normalized spacial score (nSPS) is 9.89. The van der Waals surface area contributed by atoms with Gasteiger partial charge in [-0.25, -0.2) is 4.39 Å². The van der Waals surface area contributed by atoms with Gasteiger partial charge in [-0.2, -0.15) is 5.26 Å². The zero-order valence-corrected chi connectivity index (χ0v) is 10.3. The van der Waals surface area contributed by atoms with Crippen molar-refractivity contribution < 1.29 is 9.13 Å². The summed E-state index contributed by atoms with van der Waals surface area (Å²) in [5.74, 6) is 0.284. The lowest BCUT2D eigenvalue weighted by Gasteiger charge is -2.09. The molecule has 4 heteroatoms. The van der Waals surface area contributed by atoms with Gasteiger partial charge in [-0.1, -0.05) is 17.7 Å². The van der Waals surface area contributed by atoms with Crippen molar-refractivity contribution in [3.8, 4) is 17.6 Å². The first-order valence-electron chi connectivity index (χ1n) is 5.24. The molecule has 0 unspecified atom stereocenters. The van der Waals surface area contributed by atoms with Gasteiger partial charge in [0.15, 0.2) is 0 Å². The van der Waals surface area contributed by atoms with Gasteiger partial charge in [-0.05, 0) is 42.8 Å². The van der Waals surface area contributed by atoms with Gasteiger partial charge >= 0.3 is 0 Å². The Kier molecular flexibility index (Phi) is 3.50. The summed E-state index contributed by atoms with van der Waals surface area (Å²) in [6, 6.07) is 11.1. The number of hydrogen-bond donors (Lipinski definition) is 0. The van der Waals surface area contributed by atoms with Gasteiger partial charge in [0, 0.05) is 0 Å². The SMILES string of the molecule is Cc1ccc(Oc2ccc(F)cc2Cl)c(C#N)c1. The van der Waals surface area contributed by atoms with Crippen LogP contribution in [0, 0.1) is 24.1 Å². The molecule has 0 saturated heterocycles. The van der Waals surface area contributed by atoms with Crippen LogP contribution in [-0.4, -0.2) is 0 Å². The van der Waals surface area contributed by atoms with Crippen LogP contribution in [0.1, 0.15) is 11.1 Å². The van der Waals surface area contributed by atoms with Crippen LogP contribution >= 0.6 is 11.6 Å². The maximum Gasteiger partial charge on any atom is 0.146 e. The second-order valence-corrected chi connectivity index (χ2v) is 4.20. The first-order chi connectivity index (χ1) is 8.60. The Hall–Kier alpha value is -2.05. The van der Waals surface area contributed by atoms with E-state index >= 15 is 0 Å². The van der Waals surface area contributed by atoms with E-state index in [1.54, 1.807) is 12.1 Å². The molecule has 0 atom stereocenters. The largest absolute Gasteiger partial charge is 0.454 e. The predicted octanol–water partition coefficient (Wildman–Crippen LogP) is 4.45. The van der Waals surface area contributed by atoms with Crippen molar-refractivity contribution in [3.05, 3.63) is 58.4 Å². The summed E-state index contributed by atoms with van der Waals surface area (Å²) in [5.41, 5.74) is 1.37. The van der Waals surface area contributed by atoms with Crippen molar-refractivity contribution in [2.45, 2.75) is 6.92 Å². The van der Waals surface area contributed by atoms with Crippen LogP contribution in [0.3, 0.4) is 0 Å². The number of aryl methyl sites for hydroxylation is 1. The minimum Gasteiger partial charge on any atom is -0.454 e. The molecular weight excluding hydrogens is 253 g/mol. The predicted molar refractivity (Wildman–Crippen MR) is 67.4 cm³/mol. The number of ether oxygens (including phenoxy) is 1. The monoisotopic (exact) mass is 261 g/mol. The lowest BCUT2D eigenvalue weighted by Crippen LogP contribution is -1.90. The summed E-state index contributed by atoms with van der Waals surface area (Å²) in [5, 5.41) is 9.18. The molecule has 0 aliphatic carbocycles. The number of halogens is 2. The maximum atomic E-state index is 12.9. The third-order valence-corrected chi connectivity index (χ3v) is 2.66. The summed E-state index contributed by atoms with van der Waals surface area (Å²) < 4.78 is 18.4. The fourth-order valence-corrected chi connectivity index (χ4v) is 1.70. The Morgan fingerprint density at radius 3 is 2.56 bits per heavy atom. The van der Waals surface area contributed by atoms with Gasteiger partial charge in [0.2, 0.25) is 0 Å². The smallest absolute Gasteiger partial charge is 0.146 e. The summed E-state index contributed by atoms with van der Waals surface area (Å²) in [7, 11) is 0. The summed E-state index contributed by atoms with van der Waals surface area (Å²) in [4.78, 5) is 0. The molecule has 2 rings (SSSR count). The molecule has 2 nitrogen and oxygen atoms in total. The van der Waals surface area contributed by atoms with Crippen molar-refractivity contribution in [1.29, 1.82) is 5.26 Å². The Morgan fingerprint density at radius 2 is 1.89 bits per heavy atom. The van der Waals surface area contributed by atoms with Crippen LogP contribution < -0.4 is 4.74 Å². The molecule has 0 fully saturated rings. The van der Waals surface area contributed by atoms with Crippen molar-refractivity contribution >= 4 is 11.6 Å². The van der Waals surface area contributed by atoms with E-state index in [4.69, 9.17) is 21.6 Å². The highest BCUT2D eigenvalue weighted by Crippen LogP contribution is 2.31. The van der Waals surface area contributed by atoms with E-state index in [0.29, 0.717) is 17.1 Å². The van der Waals surface area contributed by atoms with Crippen LogP contribution in [0.15, 0.2) is 36.4 Å². The van der Waals surface area contributed by atoms with E-state index in [2.05, 4.69) is 0 Å². The van der Waals surface area contributed by atoms with Crippen LogP contribution in [0.2, 0.25) is 5.02 Å². The van der Waals surface area contributed by atoms with Gasteiger partial charge in [0.25, 0.3) is 0 Å². The van der Waals surface area contributed by atoms with Gasteiger partial charge in [-0.3, -0.25) is 0 Å². The zero-order chi connectivity index (χ0) is 13.1. The summed E-state index contributed by atoms with van der Waals surface area (Å²) in [6.45, 7) is 1.88. The van der Waals surface area contributed by atoms with Crippen molar-refractivity contribution in [1.82, 2.24) is 0 Å². The zero-order valence-electron chi connectivity index (χ0n) is 9.58. The molecule has 0 aliphatic rings. The molecule has 0 amide bonds. The summed E-state index contributed by atoms with van der Waals surface area (Å²) in [6.07, 6.45) is 0. The van der Waals surface area contributed by atoms with E-state index < -0.39 is 5.82 Å². The fourth-order valence-electron chi connectivity index (χ4n) is 1.50. The van der Waals surface area contributed by atoms with Crippen molar-refractivity contribution in [3.63, 3.8) is 0 Å². The van der Waals surface area contributed by atoms with Crippen LogP contribution in [0.5, 0.6) is 11.5 Å². The highest BCUT2D eigenvalue weighted by molar-refractivity contribution is 6.32. The van der Waals surface area contributed by atoms with E-state index in [-0.39, 0.29) is 5.02 Å². The molecule has 0 spiro atoms. The number of hydrogen-bond acceptors (Lipinski definition) is 2. The standard InChI is InChI=1S/C14H9ClFNO/c1-9-2-4-13(10(6-9)8-17)18-14-5-3-11(16)7-12(14)15/h2-7H,1H3.